The van der Waals surface area contributed by atoms with E-state index in [0.29, 0.717) is 0 Å². The van der Waals surface area contributed by atoms with Crippen LogP contribution in [0.1, 0.15) is 20.3 Å². The Morgan fingerprint density at radius 2 is 1.79 bits per heavy atom. The molecule has 0 bridgehead atoms. The van der Waals surface area contributed by atoms with Crippen LogP contribution in [0.3, 0.4) is 0 Å². The summed E-state index contributed by atoms with van der Waals surface area (Å²) in [7, 11) is 0.269. The molecule has 0 saturated heterocycles. The van der Waals surface area contributed by atoms with Crippen LogP contribution in [0.4, 0.5) is 0 Å². The third-order valence-corrected chi connectivity index (χ3v) is 1.93. The van der Waals surface area contributed by atoms with Gasteiger partial charge >= 0.3 is 17.9 Å². The quantitative estimate of drug-likeness (QED) is 0.273. The molecule has 0 fully saturated rings. The number of carbonyl (C=O) groups is 2. The van der Waals surface area contributed by atoms with Crippen molar-refractivity contribution in [2.75, 3.05) is 0 Å². The van der Waals surface area contributed by atoms with Gasteiger partial charge in [-0.05, 0) is 0 Å². The molecule has 14 heavy (non-hydrogen) atoms. The molecule has 0 aliphatic carbocycles. The molecule has 0 atom stereocenters. The first-order valence-electron chi connectivity index (χ1n) is 4.01. The van der Waals surface area contributed by atoms with E-state index in [2.05, 4.69) is 6.58 Å². The van der Waals surface area contributed by atoms with Gasteiger partial charge in [-0.15, -0.1) is 6.58 Å². The van der Waals surface area contributed by atoms with E-state index in [0.717, 1.165) is 0 Å². The summed E-state index contributed by atoms with van der Waals surface area (Å²) >= 11 is 0. The Balaban J connectivity index is 4.66. The topological polar surface area (TPSA) is 61.8 Å². The van der Waals surface area contributed by atoms with Crippen LogP contribution < -0.4 is 0 Å². The maximum absolute atomic E-state index is 10.8. The molecular formula is C8H14O5Si. The van der Waals surface area contributed by atoms with Crippen molar-refractivity contribution in [2.24, 2.45) is 0 Å². The predicted octanol–water partition coefficient (Wildman–Crippen LogP) is -0.361. The normalized spacial score (nSPS) is 10.7. The Kier molecular flexibility index (Phi) is 5.10. The SMILES string of the molecule is C=CCC(O[SiH3])(OC(C)=O)OC(C)=O. The van der Waals surface area contributed by atoms with Gasteiger partial charge in [0.1, 0.15) is 0 Å². The van der Waals surface area contributed by atoms with Gasteiger partial charge in [-0.2, -0.15) is 0 Å². The minimum atomic E-state index is -1.62. The third kappa shape index (κ3) is 4.20. The predicted molar refractivity (Wildman–Crippen MR) is 52.1 cm³/mol. The molecule has 0 aliphatic rings. The maximum atomic E-state index is 10.8. The summed E-state index contributed by atoms with van der Waals surface area (Å²) in [6.07, 6.45) is 1.56. The van der Waals surface area contributed by atoms with Crippen molar-refractivity contribution >= 4 is 22.4 Å². The second-order valence-corrected chi connectivity index (χ2v) is 2.98. The van der Waals surface area contributed by atoms with Gasteiger partial charge in [0.15, 0.2) is 10.5 Å². The van der Waals surface area contributed by atoms with E-state index in [9.17, 15) is 9.59 Å². The molecule has 0 heterocycles. The van der Waals surface area contributed by atoms with E-state index >= 15 is 0 Å². The lowest BCUT2D eigenvalue weighted by atomic mass is 10.3. The fourth-order valence-corrected chi connectivity index (χ4v) is 1.22. The van der Waals surface area contributed by atoms with Gasteiger partial charge < -0.3 is 13.9 Å². The van der Waals surface area contributed by atoms with Crippen LogP contribution in [0.25, 0.3) is 0 Å². The lowest BCUT2D eigenvalue weighted by Gasteiger charge is -2.29. The zero-order valence-electron chi connectivity index (χ0n) is 8.53. The van der Waals surface area contributed by atoms with Crippen molar-refractivity contribution < 1.29 is 23.5 Å². The van der Waals surface area contributed by atoms with Crippen LogP contribution >= 0.6 is 0 Å². The van der Waals surface area contributed by atoms with Crippen LogP contribution in [0.2, 0.25) is 0 Å². The largest absolute Gasteiger partial charge is 0.399 e. The molecule has 0 spiro atoms. The van der Waals surface area contributed by atoms with Crippen molar-refractivity contribution in [3.8, 4) is 0 Å². The summed E-state index contributed by atoms with van der Waals surface area (Å²) in [4.78, 5) is 21.5. The van der Waals surface area contributed by atoms with Gasteiger partial charge in [-0.25, -0.2) is 0 Å². The number of rotatable bonds is 5. The average Bonchev–Trinajstić information content (AvgIpc) is 2.02. The smallest absolute Gasteiger partial charge is 0.369 e. The third-order valence-electron chi connectivity index (χ3n) is 1.30. The fourth-order valence-electron chi connectivity index (χ4n) is 0.886. The lowest BCUT2D eigenvalue weighted by Crippen LogP contribution is -2.41. The number of ether oxygens (including phenoxy) is 2. The van der Waals surface area contributed by atoms with Crippen molar-refractivity contribution in [3.05, 3.63) is 12.7 Å². The Morgan fingerprint density at radius 1 is 1.36 bits per heavy atom. The van der Waals surface area contributed by atoms with Gasteiger partial charge in [0.05, 0.1) is 6.42 Å². The van der Waals surface area contributed by atoms with Crippen molar-refractivity contribution in [2.45, 2.75) is 26.2 Å². The molecule has 0 unspecified atom stereocenters. The Morgan fingerprint density at radius 3 is 2.00 bits per heavy atom. The van der Waals surface area contributed by atoms with Crippen LogP contribution in [0, 0.1) is 0 Å². The molecule has 0 aromatic rings. The van der Waals surface area contributed by atoms with Crippen molar-refractivity contribution in [1.82, 2.24) is 0 Å². The van der Waals surface area contributed by atoms with E-state index in [-0.39, 0.29) is 16.9 Å². The fraction of sp³-hybridized carbons (Fsp3) is 0.500. The van der Waals surface area contributed by atoms with Gasteiger partial charge in [0.25, 0.3) is 0 Å². The maximum Gasteiger partial charge on any atom is 0.369 e. The number of hydrogen-bond acceptors (Lipinski definition) is 5. The molecule has 0 aromatic heterocycles. The Labute approximate surface area is 85.6 Å². The number of hydrogen-bond donors (Lipinski definition) is 0. The summed E-state index contributed by atoms with van der Waals surface area (Å²) in [6.45, 7) is 5.88. The zero-order chi connectivity index (χ0) is 11.2. The van der Waals surface area contributed by atoms with Crippen molar-refractivity contribution in [3.63, 3.8) is 0 Å². The van der Waals surface area contributed by atoms with Crippen LogP contribution in [0.15, 0.2) is 12.7 Å². The van der Waals surface area contributed by atoms with Gasteiger partial charge in [-0.3, -0.25) is 9.59 Å². The minimum Gasteiger partial charge on any atom is -0.399 e. The molecule has 0 N–H and O–H groups in total. The monoisotopic (exact) mass is 218 g/mol. The van der Waals surface area contributed by atoms with Crippen LogP contribution in [0.5, 0.6) is 0 Å². The molecule has 6 heteroatoms. The number of esters is 2. The molecule has 0 saturated carbocycles. The highest BCUT2D eigenvalue weighted by Crippen LogP contribution is 2.19. The molecule has 0 radical (unpaired) electrons. The van der Waals surface area contributed by atoms with E-state index in [1.165, 1.54) is 19.9 Å². The van der Waals surface area contributed by atoms with E-state index in [1.807, 2.05) is 0 Å². The highest BCUT2D eigenvalue weighted by molar-refractivity contribution is 5.98. The molecule has 0 aliphatic heterocycles. The summed E-state index contributed by atoms with van der Waals surface area (Å²) in [5.74, 6) is -2.78. The molecule has 0 amide bonds. The summed E-state index contributed by atoms with van der Waals surface area (Å²) in [5.41, 5.74) is 0. The summed E-state index contributed by atoms with van der Waals surface area (Å²) in [6, 6.07) is 0. The highest BCUT2D eigenvalue weighted by atomic mass is 28.2. The van der Waals surface area contributed by atoms with Crippen molar-refractivity contribution in [1.29, 1.82) is 0 Å². The highest BCUT2D eigenvalue weighted by Gasteiger charge is 2.35. The van der Waals surface area contributed by atoms with E-state index < -0.39 is 17.9 Å². The van der Waals surface area contributed by atoms with E-state index in [1.54, 1.807) is 0 Å². The van der Waals surface area contributed by atoms with Gasteiger partial charge in [0, 0.05) is 13.8 Å². The lowest BCUT2D eigenvalue weighted by molar-refractivity contribution is -0.305. The first-order valence-corrected chi connectivity index (χ1v) is 4.82. The average molecular weight is 218 g/mol. The van der Waals surface area contributed by atoms with Gasteiger partial charge in [0.2, 0.25) is 0 Å². The zero-order valence-corrected chi connectivity index (χ0v) is 10.5. The Bertz CT molecular complexity index is 222. The first-order chi connectivity index (χ1) is 6.45. The number of carbonyl (C=O) groups excluding carboxylic acids is 2. The molecule has 0 rings (SSSR count). The van der Waals surface area contributed by atoms with Crippen LogP contribution in [-0.4, -0.2) is 28.4 Å². The second-order valence-electron chi connectivity index (χ2n) is 2.57. The minimum absolute atomic E-state index is 0.107. The first kappa shape index (κ1) is 12.9. The molecule has 80 valence electrons. The van der Waals surface area contributed by atoms with Crippen LogP contribution in [-0.2, 0) is 23.5 Å². The van der Waals surface area contributed by atoms with Gasteiger partial charge in [-0.1, -0.05) is 6.08 Å². The van der Waals surface area contributed by atoms with E-state index in [4.69, 9.17) is 13.9 Å². The summed E-state index contributed by atoms with van der Waals surface area (Å²) in [5, 5.41) is 0. The molecule has 5 nitrogen and oxygen atoms in total. The second kappa shape index (κ2) is 5.56. The standard InChI is InChI=1S/C8H14O5Si/c1-4-5-8(13-14,11-6(2)9)12-7(3)10/h4H,1,5H2,2-3,14H3. The molecule has 0 aromatic carbocycles. The summed E-state index contributed by atoms with van der Waals surface area (Å²) < 4.78 is 14.6. The Hall–Kier alpha value is -1.14. The molecular weight excluding hydrogens is 204 g/mol.